The second-order valence-corrected chi connectivity index (χ2v) is 5.86. The van der Waals surface area contributed by atoms with Crippen LogP contribution in [0.4, 0.5) is 0 Å². The fourth-order valence-electron chi connectivity index (χ4n) is 3.40. The number of phenolic OH excluding ortho intramolecular Hbond substituents is 2. The van der Waals surface area contributed by atoms with E-state index in [1.54, 1.807) is 0 Å². The van der Waals surface area contributed by atoms with Gasteiger partial charge in [0.05, 0.1) is 24.8 Å². The number of morpholine rings is 1. The van der Waals surface area contributed by atoms with E-state index in [0.29, 0.717) is 19.2 Å². The van der Waals surface area contributed by atoms with Crippen molar-refractivity contribution in [3.63, 3.8) is 0 Å². The number of hydrogen-bond donors (Lipinski definition) is 2. The lowest BCUT2D eigenvalue weighted by Crippen LogP contribution is -2.53. The minimum absolute atomic E-state index is 0.0391. The zero-order valence-corrected chi connectivity index (χ0v) is 12.0. The highest BCUT2D eigenvalue weighted by Crippen LogP contribution is 2.29. The highest BCUT2D eigenvalue weighted by Gasteiger charge is 2.35. The number of phenols is 2. The van der Waals surface area contributed by atoms with E-state index in [-0.39, 0.29) is 28.9 Å². The normalized spacial score (nSPS) is 26.3. The highest BCUT2D eigenvalue weighted by atomic mass is 16.5. The Morgan fingerprint density at radius 3 is 2.90 bits per heavy atom. The SMILES string of the molecule is O=C(CN1CCOC2CCCCC21)c1ccc(O)cc1O. The Kier molecular flexibility index (Phi) is 4.12. The topological polar surface area (TPSA) is 70.0 Å². The number of Topliss-reactive ketones (excluding diaryl/α,β-unsaturated/α-hetero) is 1. The van der Waals surface area contributed by atoms with Crippen molar-refractivity contribution in [1.29, 1.82) is 0 Å². The molecule has 2 unspecified atom stereocenters. The van der Waals surface area contributed by atoms with Gasteiger partial charge in [0.1, 0.15) is 11.5 Å². The molecule has 1 heterocycles. The van der Waals surface area contributed by atoms with E-state index in [0.717, 1.165) is 19.4 Å². The predicted octanol–water partition coefficient (Wildman–Crippen LogP) is 1.92. The minimum atomic E-state index is -0.159. The predicted molar refractivity (Wildman–Crippen MR) is 77.7 cm³/mol. The molecule has 5 nitrogen and oxygen atoms in total. The number of nitrogens with zero attached hydrogens (tertiary/aromatic N) is 1. The van der Waals surface area contributed by atoms with Gasteiger partial charge in [0, 0.05) is 18.7 Å². The van der Waals surface area contributed by atoms with E-state index in [1.165, 1.54) is 31.0 Å². The number of benzene rings is 1. The van der Waals surface area contributed by atoms with Gasteiger partial charge in [-0.25, -0.2) is 0 Å². The van der Waals surface area contributed by atoms with Crippen LogP contribution in [0, 0.1) is 0 Å². The maximum atomic E-state index is 12.4. The van der Waals surface area contributed by atoms with Crippen molar-refractivity contribution in [2.75, 3.05) is 19.7 Å². The van der Waals surface area contributed by atoms with Crippen LogP contribution in [0.2, 0.25) is 0 Å². The van der Waals surface area contributed by atoms with Gasteiger partial charge in [-0.1, -0.05) is 12.8 Å². The van der Waals surface area contributed by atoms with Crippen LogP contribution in [-0.4, -0.2) is 52.7 Å². The molecular formula is C16H21NO4. The van der Waals surface area contributed by atoms with E-state index in [9.17, 15) is 15.0 Å². The van der Waals surface area contributed by atoms with Crippen LogP contribution in [0.3, 0.4) is 0 Å². The Bertz CT molecular complexity index is 529. The molecule has 2 fully saturated rings. The summed E-state index contributed by atoms with van der Waals surface area (Å²) in [4.78, 5) is 14.6. The summed E-state index contributed by atoms with van der Waals surface area (Å²) in [6, 6.07) is 4.42. The van der Waals surface area contributed by atoms with Gasteiger partial charge >= 0.3 is 0 Å². The average molecular weight is 291 g/mol. The second-order valence-electron chi connectivity index (χ2n) is 5.86. The molecule has 21 heavy (non-hydrogen) atoms. The summed E-state index contributed by atoms with van der Waals surface area (Å²) in [7, 11) is 0. The first-order chi connectivity index (χ1) is 10.1. The minimum Gasteiger partial charge on any atom is -0.508 e. The summed E-state index contributed by atoms with van der Waals surface area (Å²) in [5.74, 6) is -0.310. The molecule has 2 aliphatic rings. The van der Waals surface area contributed by atoms with Crippen molar-refractivity contribution in [2.24, 2.45) is 0 Å². The first-order valence-electron chi connectivity index (χ1n) is 7.56. The molecule has 1 aliphatic carbocycles. The second kappa shape index (κ2) is 6.03. The van der Waals surface area contributed by atoms with E-state index in [2.05, 4.69) is 4.90 Å². The number of carbonyl (C=O) groups excluding carboxylic acids is 1. The van der Waals surface area contributed by atoms with Crippen molar-refractivity contribution < 1.29 is 19.7 Å². The zero-order valence-electron chi connectivity index (χ0n) is 12.0. The number of rotatable bonds is 3. The Morgan fingerprint density at radius 1 is 1.29 bits per heavy atom. The van der Waals surface area contributed by atoms with Crippen LogP contribution in [0.5, 0.6) is 11.5 Å². The molecule has 1 saturated carbocycles. The lowest BCUT2D eigenvalue weighted by atomic mass is 9.90. The van der Waals surface area contributed by atoms with Crippen LogP contribution < -0.4 is 0 Å². The summed E-state index contributed by atoms with van der Waals surface area (Å²) in [6.07, 6.45) is 4.76. The van der Waals surface area contributed by atoms with E-state index in [4.69, 9.17) is 4.74 Å². The molecule has 0 radical (unpaired) electrons. The van der Waals surface area contributed by atoms with E-state index in [1.807, 2.05) is 0 Å². The monoisotopic (exact) mass is 291 g/mol. The molecule has 0 bridgehead atoms. The van der Waals surface area contributed by atoms with E-state index >= 15 is 0 Å². The lowest BCUT2D eigenvalue weighted by Gasteiger charge is -2.43. The first-order valence-corrected chi connectivity index (χ1v) is 7.56. The van der Waals surface area contributed by atoms with Crippen molar-refractivity contribution in [3.05, 3.63) is 23.8 Å². The van der Waals surface area contributed by atoms with Gasteiger partial charge in [-0.05, 0) is 25.0 Å². The molecule has 5 heteroatoms. The summed E-state index contributed by atoms with van der Waals surface area (Å²) in [5, 5.41) is 19.1. The molecule has 1 saturated heterocycles. The number of aromatic hydroxyl groups is 2. The van der Waals surface area contributed by atoms with Crippen molar-refractivity contribution >= 4 is 5.78 Å². The zero-order chi connectivity index (χ0) is 14.8. The third-order valence-corrected chi connectivity index (χ3v) is 4.48. The van der Waals surface area contributed by atoms with Gasteiger partial charge in [-0.2, -0.15) is 0 Å². The molecule has 1 aromatic carbocycles. The number of ether oxygens (including phenoxy) is 1. The molecule has 0 spiro atoms. The molecule has 0 aromatic heterocycles. The van der Waals surface area contributed by atoms with Crippen LogP contribution >= 0.6 is 0 Å². The quantitative estimate of drug-likeness (QED) is 0.833. The van der Waals surface area contributed by atoms with Crippen LogP contribution in [0.25, 0.3) is 0 Å². The largest absolute Gasteiger partial charge is 0.508 e. The Hall–Kier alpha value is -1.59. The Morgan fingerprint density at radius 2 is 2.10 bits per heavy atom. The van der Waals surface area contributed by atoms with Crippen molar-refractivity contribution in [3.8, 4) is 11.5 Å². The third-order valence-electron chi connectivity index (χ3n) is 4.48. The van der Waals surface area contributed by atoms with Gasteiger partial charge in [-0.3, -0.25) is 9.69 Å². The number of hydrogen-bond acceptors (Lipinski definition) is 5. The average Bonchev–Trinajstić information content (AvgIpc) is 2.47. The lowest BCUT2D eigenvalue weighted by molar-refractivity contribution is -0.0846. The summed E-state index contributed by atoms with van der Waals surface area (Å²) >= 11 is 0. The number of ketones is 1. The van der Waals surface area contributed by atoms with Gasteiger partial charge in [0.2, 0.25) is 0 Å². The van der Waals surface area contributed by atoms with Gasteiger partial charge in [-0.15, -0.1) is 0 Å². The smallest absolute Gasteiger partial charge is 0.180 e. The standard InChI is InChI=1S/C16H21NO4/c18-11-5-6-12(14(19)9-11)15(20)10-17-7-8-21-16-4-2-1-3-13(16)17/h5-6,9,13,16,18-19H,1-4,7-8,10H2. The molecule has 1 aromatic rings. The van der Waals surface area contributed by atoms with Crippen LogP contribution in [0.15, 0.2) is 18.2 Å². The molecule has 2 atom stereocenters. The van der Waals surface area contributed by atoms with Gasteiger partial charge in [0.25, 0.3) is 0 Å². The number of fused-ring (bicyclic) bond motifs is 1. The summed E-state index contributed by atoms with van der Waals surface area (Å²) in [6.45, 7) is 1.71. The van der Waals surface area contributed by atoms with Gasteiger partial charge in [0.15, 0.2) is 5.78 Å². The van der Waals surface area contributed by atoms with E-state index < -0.39 is 0 Å². The van der Waals surface area contributed by atoms with Crippen molar-refractivity contribution in [1.82, 2.24) is 4.90 Å². The highest BCUT2D eigenvalue weighted by molar-refractivity contribution is 6.00. The third kappa shape index (κ3) is 3.04. The Labute approximate surface area is 124 Å². The Balaban J connectivity index is 1.71. The number of carbonyl (C=O) groups is 1. The molecule has 0 amide bonds. The fraction of sp³-hybridized carbons (Fsp3) is 0.562. The molecule has 2 N–H and O–H groups in total. The molecular weight excluding hydrogens is 270 g/mol. The maximum Gasteiger partial charge on any atom is 0.180 e. The van der Waals surface area contributed by atoms with Crippen LogP contribution in [-0.2, 0) is 4.74 Å². The summed E-state index contributed by atoms with van der Waals surface area (Å²) in [5.41, 5.74) is 0.270. The molecule has 1 aliphatic heterocycles. The fourth-order valence-corrected chi connectivity index (χ4v) is 3.40. The molecule has 114 valence electrons. The van der Waals surface area contributed by atoms with Crippen LogP contribution in [0.1, 0.15) is 36.0 Å². The maximum absolute atomic E-state index is 12.4. The van der Waals surface area contributed by atoms with Gasteiger partial charge < -0.3 is 14.9 Å². The molecule has 3 rings (SSSR count). The summed E-state index contributed by atoms with van der Waals surface area (Å²) < 4.78 is 5.80. The first kappa shape index (κ1) is 14.4. The van der Waals surface area contributed by atoms with Crippen molar-refractivity contribution in [2.45, 2.75) is 37.8 Å².